The van der Waals surface area contributed by atoms with E-state index in [4.69, 9.17) is 9.47 Å². The molecular formula is C29H40N2O6. The third-order valence-electron chi connectivity index (χ3n) is 6.12. The number of amides is 1. The summed E-state index contributed by atoms with van der Waals surface area (Å²) in [5.74, 6) is -0.104. The van der Waals surface area contributed by atoms with Crippen molar-refractivity contribution in [3.63, 3.8) is 0 Å². The molecule has 0 spiro atoms. The largest absolute Gasteiger partial charge is 0.507 e. The first-order chi connectivity index (χ1) is 17.8. The predicted octanol–water partition coefficient (Wildman–Crippen LogP) is 5.50. The number of phenolic OH excluding ortho intramolecular Hbond substituents is 1. The van der Waals surface area contributed by atoms with Crippen molar-refractivity contribution in [3.8, 4) is 11.5 Å². The molecule has 1 amide bonds. The van der Waals surface area contributed by atoms with Crippen molar-refractivity contribution in [3.05, 3.63) is 52.8 Å². The highest BCUT2D eigenvalue weighted by Gasteiger charge is 2.15. The Morgan fingerprint density at radius 2 is 1.70 bits per heavy atom. The summed E-state index contributed by atoms with van der Waals surface area (Å²) in [6.45, 7) is 6.38. The number of esters is 1. The summed E-state index contributed by atoms with van der Waals surface area (Å²) in [7, 11) is 1.78. The Labute approximate surface area is 220 Å². The average Bonchev–Trinajstić information content (AvgIpc) is 2.88. The molecule has 0 saturated carbocycles. The Bertz CT molecular complexity index is 1050. The normalized spacial score (nSPS) is 10.7. The number of ether oxygens (including phenoxy) is 2. The molecule has 0 unspecified atom stereocenters. The molecule has 0 aliphatic heterocycles. The molecule has 0 atom stereocenters. The van der Waals surface area contributed by atoms with Gasteiger partial charge in [-0.3, -0.25) is 14.4 Å². The first kappa shape index (κ1) is 29.8. The van der Waals surface area contributed by atoms with Crippen LogP contribution in [0, 0.1) is 0 Å². The Balaban J connectivity index is 1.80. The zero-order chi connectivity index (χ0) is 27.2. The fourth-order valence-electron chi connectivity index (χ4n) is 3.99. The molecule has 1 aromatic heterocycles. The van der Waals surface area contributed by atoms with E-state index in [0.717, 1.165) is 44.1 Å². The van der Waals surface area contributed by atoms with Gasteiger partial charge in [-0.25, -0.2) is 4.98 Å². The van der Waals surface area contributed by atoms with Gasteiger partial charge in [-0.1, -0.05) is 38.7 Å². The zero-order valence-corrected chi connectivity index (χ0v) is 22.5. The number of ketones is 1. The maximum atomic E-state index is 12.9. The van der Waals surface area contributed by atoms with Crippen LogP contribution in [0.1, 0.15) is 97.8 Å². The van der Waals surface area contributed by atoms with Gasteiger partial charge in [0.1, 0.15) is 23.8 Å². The molecule has 2 rings (SSSR count). The van der Waals surface area contributed by atoms with Crippen molar-refractivity contribution in [1.29, 1.82) is 0 Å². The van der Waals surface area contributed by atoms with Gasteiger partial charge >= 0.3 is 5.97 Å². The summed E-state index contributed by atoms with van der Waals surface area (Å²) in [6.07, 6.45) is 7.04. The van der Waals surface area contributed by atoms with E-state index in [1.165, 1.54) is 13.0 Å². The summed E-state index contributed by atoms with van der Waals surface area (Å²) in [6, 6.07) is 8.36. The number of benzene rings is 1. The van der Waals surface area contributed by atoms with Crippen molar-refractivity contribution in [2.75, 3.05) is 20.2 Å². The lowest BCUT2D eigenvalue weighted by atomic mass is 10.0. The maximum Gasteiger partial charge on any atom is 0.305 e. The summed E-state index contributed by atoms with van der Waals surface area (Å²) in [5.41, 5.74) is 2.04. The predicted molar refractivity (Wildman–Crippen MR) is 142 cm³/mol. The van der Waals surface area contributed by atoms with Crippen molar-refractivity contribution in [2.24, 2.45) is 0 Å². The van der Waals surface area contributed by atoms with Gasteiger partial charge < -0.3 is 19.5 Å². The number of hydrogen-bond acceptors (Lipinski definition) is 7. The summed E-state index contributed by atoms with van der Waals surface area (Å²) in [5, 5.41) is 10.2. The minimum absolute atomic E-state index is 0.116. The average molecular weight is 513 g/mol. The lowest BCUT2D eigenvalue weighted by Gasteiger charge is -2.17. The number of hydrogen-bond donors (Lipinski definition) is 1. The van der Waals surface area contributed by atoms with Crippen LogP contribution >= 0.6 is 0 Å². The molecule has 37 heavy (non-hydrogen) atoms. The van der Waals surface area contributed by atoms with Gasteiger partial charge in [0.25, 0.3) is 5.91 Å². The Kier molecular flexibility index (Phi) is 12.6. The standard InChI is InChI=1S/C29H40N2O6/c1-5-22-18-24(21(3)32)26(33)19-27(22)37-20-23-14-13-15-25(30-23)29(35)31(4)17-12-10-8-7-9-11-16-28(34)36-6-2/h13-15,18-19,33H,5-12,16-17,20H2,1-4H3. The first-order valence-corrected chi connectivity index (χ1v) is 13.1. The molecule has 202 valence electrons. The zero-order valence-electron chi connectivity index (χ0n) is 22.5. The summed E-state index contributed by atoms with van der Waals surface area (Å²) < 4.78 is 10.8. The molecule has 8 nitrogen and oxygen atoms in total. The number of carbonyl (C=O) groups excluding carboxylic acids is 3. The topological polar surface area (TPSA) is 106 Å². The lowest BCUT2D eigenvalue weighted by Crippen LogP contribution is -2.28. The third-order valence-corrected chi connectivity index (χ3v) is 6.12. The number of aryl methyl sites for hydroxylation is 1. The molecule has 2 aromatic rings. The van der Waals surface area contributed by atoms with Gasteiger partial charge in [0.05, 0.1) is 17.9 Å². The van der Waals surface area contributed by atoms with Gasteiger partial charge in [-0.15, -0.1) is 0 Å². The molecule has 1 N–H and O–H groups in total. The van der Waals surface area contributed by atoms with E-state index >= 15 is 0 Å². The minimum Gasteiger partial charge on any atom is -0.507 e. The van der Waals surface area contributed by atoms with E-state index < -0.39 is 0 Å². The summed E-state index contributed by atoms with van der Waals surface area (Å²) >= 11 is 0. The van der Waals surface area contributed by atoms with E-state index in [1.54, 1.807) is 36.2 Å². The lowest BCUT2D eigenvalue weighted by molar-refractivity contribution is -0.143. The second-order valence-corrected chi connectivity index (χ2v) is 9.09. The second-order valence-electron chi connectivity index (χ2n) is 9.09. The van der Waals surface area contributed by atoms with Crippen molar-refractivity contribution in [2.45, 2.75) is 78.7 Å². The molecule has 1 heterocycles. The molecule has 0 fully saturated rings. The van der Waals surface area contributed by atoms with Crippen LogP contribution in [0.2, 0.25) is 0 Å². The van der Waals surface area contributed by atoms with Crippen LogP contribution in [-0.4, -0.2) is 52.8 Å². The fraction of sp³-hybridized carbons (Fsp3) is 0.517. The molecule has 0 aliphatic rings. The van der Waals surface area contributed by atoms with Gasteiger partial charge in [0.2, 0.25) is 0 Å². The summed E-state index contributed by atoms with van der Waals surface area (Å²) in [4.78, 5) is 42.0. The molecule has 1 aromatic carbocycles. The van der Waals surface area contributed by atoms with Crippen LogP contribution in [-0.2, 0) is 22.6 Å². The minimum atomic E-state index is -0.207. The smallest absolute Gasteiger partial charge is 0.305 e. The van der Waals surface area contributed by atoms with Gasteiger partial charge in [0.15, 0.2) is 5.78 Å². The van der Waals surface area contributed by atoms with E-state index in [9.17, 15) is 19.5 Å². The van der Waals surface area contributed by atoms with Crippen LogP contribution in [0.3, 0.4) is 0 Å². The number of aromatic nitrogens is 1. The van der Waals surface area contributed by atoms with Crippen molar-refractivity contribution in [1.82, 2.24) is 9.88 Å². The highest BCUT2D eigenvalue weighted by Crippen LogP contribution is 2.29. The highest BCUT2D eigenvalue weighted by atomic mass is 16.5. The maximum absolute atomic E-state index is 12.9. The van der Waals surface area contributed by atoms with Gasteiger partial charge in [-0.2, -0.15) is 0 Å². The molecular weight excluding hydrogens is 472 g/mol. The van der Waals surface area contributed by atoms with Crippen molar-refractivity contribution >= 4 is 17.7 Å². The number of carbonyl (C=O) groups is 3. The highest BCUT2D eigenvalue weighted by molar-refractivity contribution is 5.97. The number of pyridine rings is 1. The molecule has 8 heteroatoms. The number of nitrogens with zero attached hydrogens (tertiary/aromatic N) is 2. The quantitative estimate of drug-likeness (QED) is 0.180. The molecule has 0 aliphatic carbocycles. The van der Waals surface area contributed by atoms with E-state index in [-0.39, 0.29) is 35.6 Å². The molecule has 0 saturated heterocycles. The number of Topliss-reactive ketones (excluding diaryl/α,β-unsaturated/α-hetero) is 1. The van der Waals surface area contributed by atoms with Gasteiger partial charge in [-0.05, 0) is 56.9 Å². The first-order valence-electron chi connectivity index (χ1n) is 13.1. The van der Waals surface area contributed by atoms with Crippen LogP contribution in [0.25, 0.3) is 0 Å². The monoisotopic (exact) mass is 512 g/mol. The molecule has 0 bridgehead atoms. The van der Waals surface area contributed by atoms with Crippen molar-refractivity contribution < 1.29 is 29.0 Å². The second kappa shape index (κ2) is 15.6. The van der Waals surface area contributed by atoms with E-state index in [1.807, 2.05) is 13.8 Å². The number of unbranched alkanes of at least 4 members (excludes halogenated alkanes) is 5. The Morgan fingerprint density at radius 1 is 1.00 bits per heavy atom. The number of rotatable bonds is 16. The Morgan fingerprint density at radius 3 is 2.38 bits per heavy atom. The fourth-order valence-corrected chi connectivity index (χ4v) is 3.99. The third kappa shape index (κ3) is 9.86. The van der Waals surface area contributed by atoms with Crippen LogP contribution in [0.15, 0.2) is 30.3 Å². The number of aromatic hydroxyl groups is 1. The van der Waals surface area contributed by atoms with E-state index in [0.29, 0.717) is 43.1 Å². The van der Waals surface area contributed by atoms with Crippen LogP contribution < -0.4 is 4.74 Å². The van der Waals surface area contributed by atoms with E-state index in [2.05, 4.69) is 4.98 Å². The Hall–Kier alpha value is -3.42. The SMILES string of the molecule is CCOC(=O)CCCCCCCCN(C)C(=O)c1cccc(COc2cc(O)c(C(C)=O)cc2CC)n1. The van der Waals surface area contributed by atoms with Crippen LogP contribution in [0.5, 0.6) is 11.5 Å². The number of phenols is 1. The van der Waals surface area contributed by atoms with Crippen LogP contribution in [0.4, 0.5) is 0 Å². The van der Waals surface area contributed by atoms with Gasteiger partial charge in [0, 0.05) is 26.1 Å². The molecule has 0 radical (unpaired) electrons.